The Morgan fingerprint density at radius 1 is 1.00 bits per heavy atom. The van der Waals surface area contributed by atoms with E-state index in [0.717, 1.165) is 37.1 Å². The minimum absolute atomic E-state index is 0.0685. The van der Waals surface area contributed by atoms with Crippen LogP contribution in [0.4, 0.5) is 11.4 Å². The third-order valence-corrected chi connectivity index (χ3v) is 9.93. The van der Waals surface area contributed by atoms with Gasteiger partial charge in [0.1, 0.15) is 18.5 Å². The monoisotopic (exact) mass is 666 g/mol. The zero-order chi connectivity index (χ0) is 33.7. The number of carbonyl (C=O) groups is 1. The van der Waals surface area contributed by atoms with Gasteiger partial charge in [0.05, 0.1) is 24.7 Å². The molecular weight excluding hydrogens is 624 g/mol. The number of anilines is 2. The molecule has 0 aliphatic carbocycles. The Labute approximate surface area is 274 Å². The molecule has 4 N–H and O–H groups in total. The molecule has 4 aromatic rings. The molecule has 2 heterocycles. The summed E-state index contributed by atoms with van der Waals surface area (Å²) in [6.45, 7) is 6.51. The van der Waals surface area contributed by atoms with Gasteiger partial charge in [0.25, 0.3) is 10.0 Å². The maximum Gasteiger partial charge on any atom is 0.338 e. The molecular formula is C34H42N4O8S. The number of hydrogen-bond acceptors (Lipinski definition) is 9. The van der Waals surface area contributed by atoms with Gasteiger partial charge in [-0.15, -0.1) is 0 Å². The molecule has 0 unspecified atom stereocenters. The zero-order valence-electron chi connectivity index (χ0n) is 27.0. The summed E-state index contributed by atoms with van der Waals surface area (Å²) in [7, 11) is -0.881. The predicted molar refractivity (Wildman–Crippen MR) is 181 cm³/mol. The lowest BCUT2D eigenvalue weighted by Crippen LogP contribution is -2.45. The van der Waals surface area contributed by atoms with Crippen molar-refractivity contribution in [3.8, 4) is 17.2 Å². The number of aliphatic hydroxyl groups is 1. The van der Waals surface area contributed by atoms with Gasteiger partial charge in [-0.1, -0.05) is 0 Å². The maximum atomic E-state index is 12.9. The number of aliphatic hydroxyl groups excluding tert-OH is 1. The lowest BCUT2D eigenvalue weighted by atomic mass is 10.0. The molecule has 1 fully saturated rings. The van der Waals surface area contributed by atoms with Crippen LogP contribution >= 0.6 is 0 Å². The fourth-order valence-electron chi connectivity index (χ4n) is 6.06. The number of aryl methyl sites for hydroxylation is 1. The molecule has 0 spiro atoms. The molecule has 1 aliphatic rings. The van der Waals surface area contributed by atoms with E-state index >= 15 is 0 Å². The van der Waals surface area contributed by atoms with Gasteiger partial charge in [0, 0.05) is 66.3 Å². The number of fused-ring (bicyclic) bond motifs is 1. The topological polar surface area (TPSA) is 152 Å². The first-order chi connectivity index (χ1) is 22.5. The third-order valence-electron chi connectivity index (χ3n) is 8.55. The minimum Gasteiger partial charge on any atom is -0.493 e. The summed E-state index contributed by atoms with van der Waals surface area (Å²) in [5, 5.41) is 24.4. The molecule has 5 rings (SSSR count). The average Bonchev–Trinajstić information content (AvgIpc) is 3.36. The Balaban J connectivity index is 1.08. The van der Waals surface area contributed by atoms with Crippen molar-refractivity contribution in [2.75, 3.05) is 50.1 Å². The molecule has 0 amide bonds. The van der Waals surface area contributed by atoms with Crippen molar-refractivity contribution in [1.82, 2.24) is 9.88 Å². The van der Waals surface area contributed by atoms with Crippen molar-refractivity contribution in [3.63, 3.8) is 0 Å². The fraction of sp³-hybridized carbons (Fsp3) is 0.382. The summed E-state index contributed by atoms with van der Waals surface area (Å²) < 4.78 is 46.7. The van der Waals surface area contributed by atoms with E-state index in [9.17, 15) is 23.4 Å². The van der Waals surface area contributed by atoms with E-state index in [-0.39, 0.29) is 23.1 Å². The minimum atomic E-state index is -3.82. The van der Waals surface area contributed by atoms with Crippen molar-refractivity contribution in [2.24, 2.45) is 0 Å². The van der Waals surface area contributed by atoms with Crippen LogP contribution in [0, 0.1) is 6.92 Å². The van der Waals surface area contributed by atoms with E-state index in [1.807, 2.05) is 29.7 Å². The molecule has 1 aromatic heterocycles. The maximum absolute atomic E-state index is 12.9. The van der Waals surface area contributed by atoms with Gasteiger partial charge in [-0.25, -0.2) is 13.2 Å². The van der Waals surface area contributed by atoms with Crippen LogP contribution in [0.3, 0.4) is 0 Å². The van der Waals surface area contributed by atoms with Gasteiger partial charge in [-0.05, 0) is 81.3 Å². The Hall–Kier alpha value is -4.46. The van der Waals surface area contributed by atoms with Crippen molar-refractivity contribution in [1.29, 1.82) is 0 Å². The van der Waals surface area contributed by atoms with Crippen LogP contribution in [0.2, 0.25) is 0 Å². The first-order valence-corrected chi connectivity index (χ1v) is 17.0. The van der Waals surface area contributed by atoms with Crippen LogP contribution in [-0.2, 0) is 16.6 Å². The number of nitrogens with one attached hydrogen (secondary N) is 2. The first kappa shape index (κ1) is 33.9. The molecule has 0 bridgehead atoms. The van der Waals surface area contributed by atoms with Crippen molar-refractivity contribution >= 4 is 38.3 Å². The van der Waals surface area contributed by atoms with E-state index in [1.165, 1.54) is 26.4 Å². The fourth-order valence-corrected chi connectivity index (χ4v) is 7.14. The number of methoxy groups -OCH3 is 2. The third kappa shape index (κ3) is 7.58. The number of carboxylic acid groups (broad SMARTS) is 1. The smallest absolute Gasteiger partial charge is 0.338 e. The summed E-state index contributed by atoms with van der Waals surface area (Å²) in [6.07, 6.45) is 1.02. The van der Waals surface area contributed by atoms with Gasteiger partial charge >= 0.3 is 5.97 Å². The van der Waals surface area contributed by atoms with Crippen LogP contribution in [0.25, 0.3) is 10.9 Å². The lowest BCUT2D eigenvalue weighted by molar-refractivity contribution is 0.0697. The molecule has 252 valence electrons. The van der Waals surface area contributed by atoms with Crippen LogP contribution in [-0.4, -0.2) is 81.8 Å². The lowest BCUT2D eigenvalue weighted by Gasteiger charge is -2.34. The number of hydrogen-bond donors (Lipinski definition) is 4. The van der Waals surface area contributed by atoms with Crippen molar-refractivity contribution < 1.29 is 37.6 Å². The van der Waals surface area contributed by atoms with Crippen LogP contribution in [0.15, 0.2) is 65.6 Å². The summed E-state index contributed by atoms with van der Waals surface area (Å²) in [4.78, 5) is 14.2. The summed E-state index contributed by atoms with van der Waals surface area (Å²) in [6, 6.07) is 17.4. The quantitative estimate of drug-likeness (QED) is 0.152. The normalized spacial score (nSPS) is 14.6. The van der Waals surface area contributed by atoms with E-state index in [1.54, 1.807) is 37.3 Å². The average molecular weight is 667 g/mol. The molecule has 0 radical (unpaired) electrons. The van der Waals surface area contributed by atoms with Crippen molar-refractivity contribution in [3.05, 3.63) is 71.9 Å². The van der Waals surface area contributed by atoms with Gasteiger partial charge in [0.15, 0.2) is 11.5 Å². The highest BCUT2D eigenvalue weighted by Gasteiger charge is 2.22. The number of aromatic carboxylic acids is 1. The van der Waals surface area contributed by atoms with Crippen LogP contribution in [0.1, 0.15) is 35.8 Å². The molecule has 12 nitrogen and oxygen atoms in total. The Morgan fingerprint density at radius 2 is 1.70 bits per heavy atom. The van der Waals surface area contributed by atoms with E-state index < -0.39 is 22.1 Å². The molecule has 0 saturated carbocycles. The number of benzene rings is 3. The molecule has 1 atom stereocenters. The highest BCUT2D eigenvalue weighted by molar-refractivity contribution is 7.92. The summed E-state index contributed by atoms with van der Waals surface area (Å²) >= 11 is 0. The van der Waals surface area contributed by atoms with Crippen molar-refractivity contribution in [2.45, 2.75) is 50.3 Å². The number of nitrogens with zero attached hydrogens (tertiary/aromatic N) is 2. The largest absolute Gasteiger partial charge is 0.493 e. The summed E-state index contributed by atoms with van der Waals surface area (Å²) in [5.41, 5.74) is 3.27. The van der Waals surface area contributed by atoms with E-state index in [4.69, 9.17) is 14.2 Å². The standard InChI is InChI=1S/C34H42N4O8S/c1-5-38-22(2)33(34(40)41)29-18-27(10-12-30(29)38)46-21-26(39)20-35-23-14-16-37(17-15-23)25-8-6-24(7-9-25)36-47(42,43)28-11-13-31(44-3)32(19-28)45-4/h6-13,18-19,23,26,35-36,39H,5,14-17,20-21H2,1-4H3,(H,40,41)/t26-/m0/s1. The van der Waals surface area contributed by atoms with Gasteiger partial charge < -0.3 is 39.2 Å². The SMILES string of the molecule is CCn1c(C)c(C(=O)O)c2cc(OC[C@@H](O)CNC3CCN(c4ccc(NS(=O)(=O)c5ccc(OC)c(OC)c5)cc4)CC3)ccc21. The zero-order valence-corrected chi connectivity index (χ0v) is 27.8. The Bertz CT molecular complexity index is 1820. The van der Waals surface area contributed by atoms with Crippen LogP contribution < -0.4 is 29.1 Å². The predicted octanol–water partition coefficient (Wildman–Crippen LogP) is 4.48. The number of carboxylic acids is 1. The summed E-state index contributed by atoms with van der Waals surface area (Å²) in [5.74, 6) is 0.316. The number of aromatic nitrogens is 1. The second-order valence-electron chi connectivity index (χ2n) is 11.5. The second kappa shape index (κ2) is 14.5. The number of piperidine rings is 1. The number of sulfonamides is 1. The number of ether oxygens (including phenoxy) is 3. The molecule has 47 heavy (non-hydrogen) atoms. The molecule has 3 aromatic carbocycles. The highest BCUT2D eigenvalue weighted by Crippen LogP contribution is 2.31. The molecule has 1 aliphatic heterocycles. The number of rotatable bonds is 14. The van der Waals surface area contributed by atoms with Gasteiger partial charge in [-0.3, -0.25) is 4.72 Å². The molecule has 13 heteroatoms. The second-order valence-corrected chi connectivity index (χ2v) is 13.2. The Kier molecular flexibility index (Phi) is 10.5. The van der Waals surface area contributed by atoms with E-state index in [0.29, 0.717) is 47.1 Å². The molecule has 1 saturated heterocycles. The first-order valence-electron chi connectivity index (χ1n) is 15.5. The van der Waals surface area contributed by atoms with Crippen LogP contribution in [0.5, 0.6) is 17.2 Å². The van der Waals surface area contributed by atoms with Gasteiger partial charge in [-0.2, -0.15) is 0 Å². The van der Waals surface area contributed by atoms with E-state index in [2.05, 4.69) is 14.9 Å². The van der Waals surface area contributed by atoms with Gasteiger partial charge in [0.2, 0.25) is 0 Å². The highest BCUT2D eigenvalue weighted by atomic mass is 32.2. The Morgan fingerprint density at radius 3 is 2.34 bits per heavy atom.